The molecule has 0 aromatic heterocycles. The Kier molecular flexibility index (Phi) is 7.09. The summed E-state index contributed by atoms with van der Waals surface area (Å²) in [6, 6.07) is 3.01. The molecule has 1 aromatic carbocycles. The van der Waals surface area contributed by atoms with Crippen molar-refractivity contribution >= 4 is 17.3 Å². The van der Waals surface area contributed by atoms with Crippen LogP contribution in [0.1, 0.15) is 128 Å². The Morgan fingerprint density at radius 2 is 0.900 bits per heavy atom. The summed E-state index contributed by atoms with van der Waals surface area (Å²) in [5.74, 6) is 0. The van der Waals surface area contributed by atoms with E-state index in [1.807, 2.05) is 0 Å². The molecule has 0 N–H and O–H groups in total. The minimum absolute atomic E-state index is 0.752. The molecule has 2 nitrogen and oxygen atoms in total. The number of nitrogens with zero attached hydrogens (tertiary/aromatic N) is 2. The van der Waals surface area contributed by atoms with Crippen LogP contribution >= 0.6 is 11.6 Å². The van der Waals surface area contributed by atoms with Gasteiger partial charge in [-0.15, -0.1) is 0 Å². The Hall–Kier alpha value is -0.500. The van der Waals surface area contributed by atoms with Gasteiger partial charge in [-0.25, -0.2) is 4.58 Å². The second-order valence-corrected chi connectivity index (χ2v) is 11.4. The van der Waals surface area contributed by atoms with Crippen molar-refractivity contribution in [3.8, 4) is 0 Å². The Balaban J connectivity index is 1.51. The molecule has 4 aliphatic rings. The largest absolute Gasteiger partial charge is 0.359 e. The molecule has 3 heteroatoms. The molecule has 0 unspecified atom stereocenters. The summed E-state index contributed by atoms with van der Waals surface area (Å²) in [7, 11) is 0. The molecule has 0 radical (unpaired) electrons. The summed E-state index contributed by atoms with van der Waals surface area (Å²) in [5.41, 5.74) is 1.52. The lowest BCUT2D eigenvalue weighted by Crippen LogP contribution is -2.48. The molecule has 4 aliphatic carbocycles. The molecule has 30 heavy (non-hydrogen) atoms. The highest BCUT2D eigenvalue weighted by Gasteiger charge is 2.43. The quantitative estimate of drug-likeness (QED) is 0.449. The van der Waals surface area contributed by atoms with Crippen LogP contribution in [0.15, 0.2) is 0 Å². The van der Waals surface area contributed by atoms with Crippen molar-refractivity contribution < 1.29 is 0 Å². The molecule has 0 atom stereocenters. The zero-order valence-corrected chi connectivity index (χ0v) is 20.0. The van der Waals surface area contributed by atoms with Gasteiger partial charge in [0.15, 0.2) is 12.1 Å². The van der Waals surface area contributed by atoms with Gasteiger partial charge in [0.05, 0.1) is 0 Å². The highest BCUT2D eigenvalue weighted by atomic mass is 35.5. The Bertz CT molecular complexity index is 653. The molecule has 4 fully saturated rings. The van der Waals surface area contributed by atoms with Crippen LogP contribution in [-0.2, 0) is 0 Å². The van der Waals surface area contributed by atoms with E-state index in [1.165, 1.54) is 144 Å². The smallest absolute Gasteiger partial charge is 0.247 e. The van der Waals surface area contributed by atoms with Gasteiger partial charge >= 0.3 is 0 Å². The van der Waals surface area contributed by atoms with Crippen LogP contribution in [0.25, 0.3) is 0 Å². The molecule has 0 bridgehead atoms. The van der Waals surface area contributed by atoms with Crippen molar-refractivity contribution in [2.75, 3.05) is 4.90 Å². The van der Waals surface area contributed by atoms with Crippen molar-refractivity contribution in [2.45, 2.75) is 153 Å². The van der Waals surface area contributed by atoms with Gasteiger partial charge in [-0.3, -0.25) is 0 Å². The van der Waals surface area contributed by atoms with Crippen molar-refractivity contribution in [1.82, 2.24) is 4.58 Å². The SMILES string of the molecule is Clc1c(N(C2CCCCC2)C2CCCCC2)c1=[N+](C1CCCCC1)C1CCCCC1. The first-order valence-corrected chi connectivity index (χ1v) is 14.1. The van der Waals surface area contributed by atoms with Gasteiger partial charge in [0.25, 0.3) is 0 Å². The van der Waals surface area contributed by atoms with Gasteiger partial charge in [0.2, 0.25) is 5.36 Å². The van der Waals surface area contributed by atoms with Crippen LogP contribution < -0.4 is 14.8 Å². The zero-order chi connectivity index (χ0) is 20.3. The number of hydrogen-bond donors (Lipinski definition) is 0. The number of rotatable bonds is 5. The normalized spacial score (nSPS) is 26.3. The fourth-order valence-electron chi connectivity index (χ4n) is 7.38. The van der Waals surface area contributed by atoms with Crippen LogP contribution in [0.4, 0.5) is 5.69 Å². The summed E-state index contributed by atoms with van der Waals surface area (Å²) in [5, 5.41) is 2.69. The Morgan fingerprint density at radius 3 is 1.30 bits per heavy atom. The van der Waals surface area contributed by atoms with Crippen LogP contribution in [-0.4, -0.2) is 24.2 Å². The summed E-state index contributed by atoms with van der Waals surface area (Å²) >= 11 is 7.14. The van der Waals surface area contributed by atoms with Crippen LogP contribution in [0, 0.1) is 0 Å². The topological polar surface area (TPSA) is 6.25 Å². The molecule has 168 valence electrons. The molecule has 1 aromatic rings. The van der Waals surface area contributed by atoms with E-state index in [2.05, 4.69) is 9.48 Å². The molecule has 0 amide bonds. The monoisotopic (exact) mass is 431 g/mol. The molecule has 0 heterocycles. The fraction of sp³-hybridized carbons (Fsp3) is 0.889. The Labute approximate surface area is 189 Å². The lowest BCUT2D eigenvalue weighted by molar-refractivity contribution is 0.245. The summed E-state index contributed by atoms with van der Waals surface area (Å²) in [4.78, 5) is 2.91. The molecule has 0 saturated heterocycles. The van der Waals surface area contributed by atoms with E-state index in [4.69, 9.17) is 11.6 Å². The summed E-state index contributed by atoms with van der Waals surface area (Å²) in [6.07, 6.45) is 28.3. The second kappa shape index (κ2) is 9.97. The summed E-state index contributed by atoms with van der Waals surface area (Å²) < 4.78 is 2.91. The van der Waals surface area contributed by atoms with E-state index >= 15 is 0 Å². The standard InChI is InChI=1S/C27H44ClN2/c28-25-26(29(21-13-5-1-6-14-21)22-15-7-2-8-16-22)27(25)30(23-17-9-3-10-18-23)24-19-11-4-12-20-24/h21-24H,1-20H2/q+1. The molecular weight excluding hydrogens is 388 g/mol. The molecule has 4 saturated carbocycles. The van der Waals surface area contributed by atoms with Gasteiger partial charge in [0, 0.05) is 37.8 Å². The van der Waals surface area contributed by atoms with Crippen LogP contribution in [0.5, 0.6) is 0 Å². The van der Waals surface area contributed by atoms with Gasteiger partial charge in [-0.2, -0.15) is 0 Å². The lowest BCUT2D eigenvalue weighted by Gasteiger charge is -2.41. The third-order valence-electron chi connectivity index (χ3n) is 8.97. The minimum Gasteiger partial charge on any atom is -0.359 e. The van der Waals surface area contributed by atoms with Crippen molar-refractivity contribution in [3.63, 3.8) is 0 Å². The molecule has 0 aliphatic heterocycles. The maximum absolute atomic E-state index is 7.14. The predicted molar refractivity (Wildman–Crippen MR) is 129 cm³/mol. The zero-order valence-electron chi connectivity index (χ0n) is 19.2. The van der Waals surface area contributed by atoms with Crippen molar-refractivity contribution in [3.05, 3.63) is 10.4 Å². The van der Waals surface area contributed by atoms with E-state index in [0.717, 1.165) is 24.2 Å². The average molecular weight is 432 g/mol. The van der Waals surface area contributed by atoms with Crippen molar-refractivity contribution in [1.29, 1.82) is 0 Å². The van der Waals surface area contributed by atoms with Crippen LogP contribution in [0.3, 0.4) is 0 Å². The highest BCUT2D eigenvalue weighted by molar-refractivity contribution is 6.36. The van der Waals surface area contributed by atoms with E-state index in [9.17, 15) is 0 Å². The maximum Gasteiger partial charge on any atom is 0.247 e. The fourth-order valence-corrected chi connectivity index (χ4v) is 7.71. The third-order valence-corrected chi connectivity index (χ3v) is 9.32. The summed E-state index contributed by atoms with van der Waals surface area (Å²) in [6.45, 7) is 0. The molecular formula is C27H44ClN2+. The maximum atomic E-state index is 7.14. The third kappa shape index (κ3) is 4.50. The first-order valence-electron chi connectivity index (χ1n) is 13.7. The highest BCUT2D eigenvalue weighted by Crippen LogP contribution is 2.40. The van der Waals surface area contributed by atoms with E-state index < -0.39 is 0 Å². The number of hydrogen-bond acceptors (Lipinski definition) is 1. The van der Waals surface area contributed by atoms with Crippen molar-refractivity contribution in [2.24, 2.45) is 0 Å². The minimum atomic E-state index is 0.752. The van der Waals surface area contributed by atoms with Gasteiger partial charge in [0.1, 0.15) is 10.7 Å². The van der Waals surface area contributed by atoms with E-state index in [0.29, 0.717) is 0 Å². The van der Waals surface area contributed by atoms with Gasteiger partial charge in [-0.1, -0.05) is 63.0 Å². The van der Waals surface area contributed by atoms with Crippen LogP contribution in [0.2, 0.25) is 5.02 Å². The van der Waals surface area contributed by atoms with E-state index in [-0.39, 0.29) is 0 Å². The number of halogens is 1. The molecule has 5 rings (SSSR count). The lowest BCUT2D eigenvalue weighted by atomic mass is 9.88. The van der Waals surface area contributed by atoms with Gasteiger partial charge < -0.3 is 4.90 Å². The number of anilines is 1. The van der Waals surface area contributed by atoms with Gasteiger partial charge in [-0.05, 0) is 51.4 Å². The first kappa shape index (κ1) is 21.4. The van der Waals surface area contributed by atoms with E-state index in [1.54, 1.807) is 0 Å². The second-order valence-electron chi connectivity index (χ2n) is 11.0. The average Bonchev–Trinajstić information content (AvgIpc) is 3.46. The Morgan fingerprint density at radius 1 is 0.533 bits per heavy atom. The first-order chi connectivity index (χ1) is 14.8. The predicted octanol–water partition coefficient (Wildman–Crippen LogP) is 7.13. The molecule has 0 spiro atoms.